The standard InChI is InChI=1S/C13H19N5O2/c1-7-2-3-8(11(15)19)6-18(7)13-9(14)4-5-10(17-13)12(16)20/h4-5,7-8H,2-3,6,14H2,1H3,(H2,15,19)(H2,16,20). The molecule has 1 aliphatic heterocycles. The SMILES string of the molecule is CC1CCC(C(N)=O)CN1c1nc(C(N)=O)ccc1N. The summed E-state index contributed by atoms with van der Waals surface area (Å²) in [5.74, 6) is -0.682. The molecule has 2 amide bonds. The van der Waals surface area contributed by atoms with Crippen LogP contribution in [0.3, 0.4) is 0 Å². The van der Waals surface area contributed by atoms with Gasteiger partial charge in [-0.2, -0.15) is 0 Å². The van der Waals surface area contributed by atoms with Crippen molar-refractivity contribution < 1.29 is 9.59 Å². The van der Waals surface area contributed by atoms with Gasteiger partial charge in [0.2, 0.25) is 5.91 Å². The van der Waals surface area contributed by atoms with E-state index in [-0.39, 0.29) is 23.6 Å². The average Bonchev–Trinajstić information content (AvgIpc) is 2.39. The van der Waals surface area contributed by atoms with Gasteiger partial charge >= 0.3 is 0 Å². The Balaban J connectivity index is 2.35. The van der Waals surface area contributed by atoms with Crippen LogP contribution in [0.25, 0.3) is 0 Å². The van der Waals surface area contributed by atoms with Gasteiger partial charge in [0.15, 0.2) is 5.82 Å². The van der Waals surface area contributed by atoms with E-state index in [9.17, 15) is 9.59 Å². The second-order valence-corrected chi connectivity index (χ2v) is 5.15. The lowest BCUT2D eigenvalue weighted by Crippen LogP contribution is -2.46. The molecule has 2 unspecified atom stereocenters. The van der Waals surface area contributed by atoms with Crippen LogP contribution in [0.2, 0.25) is 0 Å². The minimum Gasteiger partial charge on any atom is -0.396 e. The monoisotopic (exact) mass is 277 g/mol. The number of nitrogens with zero attached hydrogens (tertiary/aromatic N) is 2. The van der Waals surface area contributed by atoms with Crippen molar-refractivity contribution in [3.05, 3.63) is 17.8 Å². The van der Waals surface area contributed by atoms with Crippen LogP contribution in [-0.2, 0) is 4.79 Å². The fourth-order valence-electron chi connectivity index (χ4n) is 2.46. The predicted molar refractivity (Wildman–Crippen MR) is 75.9 cm³/mol. The summed E-state index contributed by atoms with van der Waals surface area (Å²) < 4.78 is 0. The molecule has 0 aliphatic carbocycles. The minimum absolute atomic E-state index is 0.155. The molecular weight excluding hydrogens is 258 g/mol. The molecule has 7 heteroatoms. The van der Waals surface area contributed by atoms with E-state index in [2.05, 4.69) is 4.98 Å². The van der Waals surface area contributed by atoms with Gasteiger partial charge in [0.25, 0.3) is 5.91 Å². The molecule has 7 nitrogen and oxygen atoms in total. The molecule has 2 rings (SSSR count). The number of rotatable bonds is 3. The highest BCUT2D eigenvalue weighted by molar-refractivity contribution is 5.92. The van der Waals surface area contributed by atoms with Crippen molar-refractivity contribution in [2.75, 3.05) is 17.2 Å². The number of piperidine rings is 1. The number of primary amides is 2. The molecule has 0 radical (unpaired) electrons. The van der Waals surface area contributed by atoms with Crippen molar-refractivity contribution >= 4 is 23.3 Å². The molecular formula is C13H19N5O2. The van der Waals surface area contributed by atoms with Crippen LogP contribution in [0, 0.1) is 5.92 Å². The van der Waals surface area contributed by atoms with Crippen LogP contribution in [-0.4, -0.2) is 29.4 Å². The third kappa shape index (κ3) is 2.66. The van der Waals surface area contributed by atoms with E-state index in [1.54, 1.807) is 6.07 Å². The lowest BCUT2D eigenvalue weighted by Gasteiger charge is -2.38. The Morgan fingerprint density at radius 1 is 1.30 bits per heavy atom. The molecule has 2 heterocycles. The molecule has 0 bridgehead atoms. The number of nitrogen functional groups attached to an aromatic ring is 1. The van der Waals surface area contributed by atoms with Gasteiger partial charge in [-0.05, 0) is 31.9 Å². The molecule has 6 N–H and O–H groups in total. The van der Waals surface area contributed by atoms with Crippen molar-refractivity contribution in [1.29, 1.82) is 0 Å². The van der Waals surface area contributed by atoms with Gasteiger partial charge in [-0.3, -0.25) is 9.59 Å². The molecule has 1 aliphatic rings. The van der Waals surface area contributed by atoms with E-state index in [1.165, 1.54) is 6.07 Å². The number of hydrogen-bond donors (Lipinski definition) is 3. The second-order valence-electron chi connectivity index (χ2n) is 5.15. The average molecular weight is 277 g/mol. The number of nitrogens with two attached hydrogens (primary N) is 3. The number of pyridine rings is 1. The summed E-state index contributed by atoms with van der Waals surface area (Å²) in [5, 5.41) is 0. The summed E-state index contributed by atoms with van der Waals surface area (Å²) in [6, 6.07) is 3.26. The lowest BCUT2D eigenvalue weighted by atomic mass is 9.93. The number of aromatic nitrogens is 1. The Bertz CT molecular complexity index is 546. The summed E-state index contributed by atoms with van der Waals surface area (Å²) in [6.45, 7) is 2.48. The maximum atomic E-state index is 11.4. The zero-order chi connectivity index (χ0) is 14.9. The van der Waals surface area contributed by atoms with Gasteiger partial charge in [-0.15, -0.1) is 0 Å². The summed E-state index contributed by atoms with van der Waals surface area (Å²) in [4.78, 5) is 28.7. The quantitative estimate of drug-likeness (QED) is 0.708. The largest absolute Gasteiger partial charge is 0.396 e. The van der Waals surface area contributed by atoms with Crippen molar-refractivity contribution in [3.8, 4) is 0 Å². The number of hydrogen-bond acceptors (Lipinski definition) is 5. The third-order valence-electron chi connectivity index (χ3n) is 3.71. The fourth-order valence-corrected chi connectivity index (χ4v) is 2.46. The molecule has 1 saturated heterocycles. The Hall–Kier alpha value is -2.31. The summed E-state index contributed by atoms with van der Waals surface area (Å²) in [6.07, 6.45) is 1.57. The van der Waals surface area contributed by atoms with E-state index in [4.69, 9.17) is 17.2 Å². The Morgan fingerprint density at radius 3 is 2.60 bits per heavy atom. The molecule has 1 aromatic heterocycles. The first kappa shape index (κ1) is 14.1. The van der Waals surface area contributed by atoms with Crippen LogP contribution >= 0.6 is 0 Å². The zero-order valence-corrected chi connectivity index (χ0v) is 11.4. The maximum Gasteiger partial charge on any atom is 0.267 e. The fraction of sp³-hybridized carbons (Fsp3) is 0.462. The van der Waals surface area contributed by atoms with E-state index in [0.29, 0.717) is 18.1 Å². The summed E-state index contributed by atoms with van der Waals surface area (Å²) in [7, 11) is 0. The second kappa shape index (κ2) is 5.36. The van der Waals surface area contributed by atoms with E-state index < -0.39 is 5.91 Å². The van der Waals surface area contributed by atoms with Crippen molar-refractivity contribution in [3.63, 3.8) is 0 Å². The van der Waals surface area contributed by atoms with Crippen LogP contribution in [0.5, 0.6) is 0 Å². The first-order chi connectivity index (χ1) is 9.40. The van der Waals surface area contributed by atoms with Crippen molar-refractivity contribution in [1.82, 2.24) is 4.98 Å². The lowest BCUT2D eigenvalue weighted by molar-refractivity contribution is -0.122. The van der Waals surface area contributed by atoms with Gasteiger partial charge in [-0.1, -0.05) is 0 Å². The van der Waals surface area contributed by atoms with E-state index in [1.807, 2.05) is 11.8 Å². The Morgan fingerprint density at radius 2 is 2.00 bits per heavy atom. The van der Waals surface area contributed by atoms with Gasteiger partial charge < -0.3 is 22.1 Å². The van der Waals surface area contributed by atoms with Gasteiger partial charge in [0.1, 0.15) is 5.69 Å². The van der Waals surface area contributed by atoms with Crippen molar-refractivity contribution in [2.45, 2.75) is 25.8 Å². The Kier molecular flexibility index (Phi) is 3.78. The maximum absolute atomic E-state index is 11.4. The molecule has 0 saturated carbocycles. The smallest absolute Gasteiger partial charge is 0.267 e. The van der Waals surface area contributed by atoms with Crippen LogP contribution in [0.15, 0.2) is 12.1 Å². The number of carbonyl (C=O) groups excluding carboxylic acids is 2. The molecule has 1 fully saturated rings. The first-order valence-electron chi connectivity index (χ1n) is 6.52. The number of carbonyl (C=O) groups is 2. The molecule has 0 aromatic carbocycles. The molecule has 1 aromatic rings. The van der Waals surface area contributed by atoms with Crippen molar-refractivity contribution in [2.24, 2.45) is 17.4 Å². The van der Waals surface area contributed by atoms with Crippen LogP contribution in [0.1, 0.15) is 30.3 Å². The summed E-state index contributed by atoms with van der Waals surface area (Å²) in [5.41, 5.74) is 17.2. The van der Waals surface area contributed by atoms with Crippen LogP contribution < -0.4 is 22.1 Å². The highest BCUT2D eigenvalue weighted by Crippen LogP contribution is 2.30. The topological polar surface area (TPSA) is 128 Å². The first-order valence-corrected chi connectivity index (χ1v) is 6.52. The van der Waals surface area contributed by atoms with Crippen LogP contribution in [0.4, 0.5) is 11.5 Å². The van der Waals surface area contributed by atoms with E-state index >= 15 is 0 Å². The molecule has 2 atom stereocenters. The highest BCUT2D eigenvalue weighted by atomic mass is 16.1. The third-order valence-corrected chi connectivity index (χ3v) is 3.71. The predicted octanol–water partition coefficient (Wildman–Crippen LogP) is -0.147. The van der Waals surface area contributed by atoms with Gasteiger partial charge in [-0.25, -0.2) is 4.98 Å². The normalized spacial score (nSPS) is 22.6. The Labute approximate surface area is 117 Å². The van der Waals surface area contributed by atoms with Gasteiger partial charge in [0, 0.05) is 12.6 Å². The minimum atomic E-state index is -0.609. The molecule has 20 heavy (non-hydrogen) atoms. The summed E-state index contributed by atoms with van der Waals surface area (Å²) >= 11 is 0. The van der Waals surface area contributed by atoms with E-state index in [0.717, 1.165) is 12.8 Å². The molecule has 108 valence electrons. The van der Waals surface area contributed by atoms with Gasteiger partial charge in [0.05, 0.1) is 11.6 Å². The highest BCUT2D eigenvalue weighted by Gasteiger charge is 2.30. The number of amides is 2. The molecule has 0 spiro atoms. The number of anilines is 2. The zero-order valence-electron chi connectivity index (χ0n) is 11.4.